The first-order chi connectivity index (χ1) is 9.60. The van der Waals surface area contributed by atoms with Crippen LogP contribution >= 0.6 is 56.7 Å². The molecule has 0 spiro atoms. The first-order valence-electron chi connectivity index (χ1n) is 6.42. The minimum atomic E-state index is 0. The smallest absolute Gasteiger partial charge is 0.173 e. The van der Waals surface area contributed by atoms with Crippen LogP contribution < -0.4 is 10.1 Å². The molecule has 2 rings (SSSR count). The Labute approximate surface area is 160 Å². The Kier molecular flexibility index (Phi) is 10.0. The van der Waals surface area contributed by atoms with Crippen LogP contribution in [0.3, 0.4) is 0 Å². The fourth-order valence-corrected chi connectivity index (χ4v) is 3.38. The summed E-state index contributed by atoms with van der Waals surface area (Å²) < 4.78 is 6.68. The summed E-state index contributed by atoms with van der Waals surface area (Å²) in [6.07, 6.45) is 1.92. The predicted molar refractivity (Wildman–Crippen MR) is 102 cm³/mol. The van der Waals surface area contributed by atoms with Crippen LogP contribution in [0.25, 0.3) is 0 Å². The number of phenolic OH excluding ortho intramolecular Hbond substituents is 1. The van der Waals surface area contributed by atoms with Crippen LogP contribution in [-0.2, 0) is 0 Å². The lowest BCUT2D eigenvalue weighted by Crippen LogP contribution is -2.44. The van der Waals surface area contributed by atoms with Crippen molar-refractivity contribution in [3.8, 4) is 11.5 Å². The third kappa shape index (κ3) is 4.52. The van der Waals surface area contributed by atoms with Gasteiger partial charge < -0.3 is 15.2 Å². The molecule has 0 unspecified atom stereocenters. The third-order valence-corrected chi connectivity index (χ3v) is 5.64. The van der Waals surface area contributed by atoms with Gasteiger partial charge in [-0.15, -0.1) is 31.4 Å². The summed E-state index contributed by atoms with van der Waals surface area (Å²) in [5, 5.41) is 13.4. The molecule has 1 aliphatic heterocycles. The molecule has 22 heavy (non-hydrogen) atoms. The maximum Gasteiger partial charge on any atom is 0.173 e. The Morgan fingerprint density at radius 2 is 1.91 bits per heavy atom. The summed E-state index contributed by atoms with van der Waals surface area (Å²) >= 11 is 6.95. The molecule has 1 aromatic rings. The maximum absolute atomic E-state index is 10.0. The first kappa shape index (κ1) is 22.0. The minimum Gasteiger partial charge on any atom is -0.503 e. The number of nitrogens with zero attached hydrogens (tertiary/aromatic N) is 1. The molecule has 1 atom stereocenters. The van der Waals surface area contributed by atoms with E-state index in [1.54, 1.807) is 7.11 Å². The number of halogens is 4. The zero-order valence-electron chi connectivity index (χ0n) is 12.1. The second kappa shape index (κ2) is 10.0. The largest absolute Gasteiger partial charge is 0.503 e. The van der Waals surface area contributed by atoms with Gasteiger partial charge in [0.15, 0.2) is 11.5 Å². The number of benzene rings is 1. The summed E-state index contributed by atoms with van der Waals surface area (Å²) in [7, 11) is 1.55. The molecule has 1 aromatic carbocycles. The summed E-state index contributed by atoms with van der Waals surface area (Å²) in [6.45, 7) is 7.83. The molecule has 0 amide bonds. The normalized spacial score (nSPS) is 16.1. The topological polar surface area (TPSA) is 44.7 Å². The van der Waals surface area contributed by atoms with Crippen LogP contribution in [-0.4, -0.2) is 43.3 Å². The number of rotatable bonds is 4. The zero-order valence-corrected chi connectivity index (χ0v) is 16.9. The van der Waals surface area contributed by atoms with Gasteiger partial charge in [-0.1, -0.05) is 6.08 Å². The standard InChI is InChI=1S/C14H18Br2N2O2.2ClH/c1-3-10(18-6-4-17-5-7-18)9-8-11(20-2)14(19)13(16)12(9)15;;/h3,8,10,17,19H,1,4-7H2,2H3;2*1H/t10-;;/m1../s1. The number of methoxy groups -OCH3 is 1. The van der Waals surface area contributed by atoms with Crippen molar-refractivity contribution >= 4 is 56.7 Å². The van der Waals surface area contributed by atoms with Gasteiger partial charge in [-0.05, 0) is 43.5 Å². The molecule has 0 bridgehead atoms. The molecule has 8 heteroatoms. The van der Waals surface area contributed by atoms with E-state index in [1.807, 2.05) is 12.1 Å². The average Bonchev–Trinajstić information content (AvgIpc) is 2.49. The van der Waals surface area contributed by atoms with E-state index in [0.29, 0.717) is 10.2 Å². The number of piperazine rings is 1. The second-order valence-corrected chi connectivity index (χ2v) is 6.20. The predicted octanol–water partition coefficient (Wildman–Crippen LogP) is 3.90. The Morgan fingerprint density at radius 3 is 2.41 bits per heavy atom. The van der Waals surface area contributed by atoms with Crippen molar-refractivity contribution in [1.29, 1.82) is 0 Å². The fraction of sp³-hybridized carbons (Fsp3) is 0.429. The van der Waals surface area contributed by atoms with E-state index in [0.717, 1.165) is 36.2 Å². The number of hydrogen-bond donors (Lipinski definition) is 2. The Balaban J connectivity index is 0.00000220. The molecule has 0 saturated carbocycles. The van der Waals surface area contributed by atoms with E-state index in [9.17, 15) is 5.11 Å². The highest BCUT2D eigenvalue weighted by molar-refractivity contribution is 9.13. The SMILES string of the molecule is C=C[C@H](c1cc(OC)c(O)c(Br)c1Br)N1CCNCC1.Cl.Cl. The van der Waals surface area contributed by atoms with Crippen molar-refractivity contribution in [2.45, 2.75) is 6.04 Å². The van der Waals surface area contributed by atoms with E-state index in [4.69, 9.17) is 4.74 Å². The number of phenols is 1. The van der Waals surface area contributed by atoms with E-state index in [1.165, 1.54) is 0 Å². The van der Waals surface area contributed by atoms with E-state index < -0.39 is 0 Å². The number of aromatic hydroxyl groups is 1. The summed E-state index contributed by atoms with van der Waals surface area (Å²) in [5.74, 6) is 0.559. The third-order valence-electron chi connectivity index (χ3n) is 3.48. The number of hydrogen-bond acceptors (Lipinski definition) is 4. The Morgan fingerprint density at radius 1 is 1.32 bits per heavy atom. The van der Waals surface area contributed by atoms with Crippen molar-refractivity contribution < 1.29 is 9.84 Å². The van der Waals surface area contributed by atoms with Crippen LogP contribution in [0.4, 0.5) is 0 Å². The van der Waals surface area contributed by atoms with Crippen molar-refractivity contribution in [2.75, 3.05) is 33.3 Å². The first-order valence-corrected chi connectivity index (χ1v) is 8.01. The molecule has 126 valence electrons. The van der Waals surface area contributed by atoms with Gasteiger partial charge in [-0.3, -0.25) is 4.90 Å². The maximum atomic E-state index is 10.0. The molecule has 1 aliphatic rings. The summed E-state index contributed by atoms with van der Waals surface area (Å²) in [5.41, 5.74) is 1.03. The molecule has 2 N–H and O–H groups in total. The van der Waals surface area contributed by atoms with Crippen LogP contribution in [0.2, 0.25) is 0 Å². The van der Waals surface area contributed by atoms with Gasteiger partial charge in [0.25, 0.3) is 0 Å². The van der Waals surface area contributed by atoms with Crippen LogP contribution in [0, 0.1) is 0 Å². The van der Waals surface area contributed by atoms with Crippen molar-refractivity contribution in [1.82, 2.24) is 10.2 Å². The highest BCUT2D eigenvalue weighted by Crippen LogP contribution is 2.44. The second-order valence-electron chi connectivity index (χ2n) is 4.61. The molecular weight excluding hydrogens is 459 g/mol. The average molecular weight is 479 g/mol. The quantitative estimate of drug-likeness (QED) is 0.644. The summed E-state index contributed by atoms with van der Waals surface area (Å²) in [4.78, 5) is 2.35. The van der Waals surface area contributed by atoms with Crippen molar-refractivity contribution in [2.24, 2.45) is 0 Å². The van der Waals surface area contributed by atoms with Gasteiger partial charge in [0, 0.05) is 30.7 Å². The Bertz CT molecular complexity index is 512. The van der Waals surface area contributed by atoms with E-state index in [-0.39, 0.29) is 36.6 Å². The van der Waals surface area contributed by atoms with Gasteiger partial charge in [-0.2, -0.15) is 0 Å². The van der Waals surface area contributed by atoms with Gasteiger partial charge in [0.2, 0.25) is 0 Å². The monoisotopic (exact) mass is 476 g/mol. The molecule has 0 radical (unpaired) electrons. The van der Waals surface area contributed by atoms with E-state index >= 15 is 0 Å². The molecule has 0 aromatic heterocycles. The number of ether oxygens (including phenoxy) is 1. The fourth-order valence-electron chi connectivity index (χ4n) is 2.42. The van der Waals surface area contributed by atoms with Crippen molar-refractivity contribution in [3.63, 3.8) is 0 Å². The highest BCUT2D eigenvalue weighted by Gasteiger charge is 2.25. The van der Waals surface area contributed by atoms with Gasteiger partial charge in [0.1, 0.15) is 0 Å². The van der Waals surface area contributed by atoms with E-state index in [2.05, 4.69) is 48.7 Å². The van der Waals surface area contributed by atoms with Crippen LogP contribution in [0.1, 0.15) is 11.6 Å². The Hall–Kier alpha value is 0.0200. The molecular formula is C14H20Br2Cl2N2O2. The van der Waals surface area contributed by atoms with Gasteiger partial charge in [-0.25, -0.2) is 0 Å². The lowest BCUT2D eigenvalue weighted by Gasteiger charge is -2.34. The molecule has 0 aliphatic carbocycles. The highest BCUT2D eigenvalue weighted by atomic mass is 79.9. The van der Waals surface area contributed by atoms with Gasteiger partial charge >= 0.3 is 0 Å². The summed E-state index contributed by atoms with van der Waals surface area (Å²) in [6, 6.07) is 1.94. The minimum absolute atomic E-state index is 0. The molecule has 1 fully saturated rings. The number of nitrogens with one attached hydrogen (secondary N) is 1. The van der Waals surface area contributed by atoms with Crippen LogP contribution in [0.15, 0.2) is 27.7 Å². The lowest BCUT2D eigenvalue weighted by atomic mass is 10.0. The zero-order chi connectivity index (χ0) is 14.7. The molecule has 1 heterocycles. The molecule has 1 saturated heterocycles. The van der Waals surface area contributed by atoms with Crippen LogP contribution in [0.5, 0.6) is 11.5 Å². The molecule has 4 nitrogen and oxygen atoms in total. The van der Waals surface area contributed by atoms with Crippen molar-refractivity contribution in [3.05, 3.63) is 33.2 Å². The lowest BCUT2D eigenvalue weighted by molar-refractivity contribution is 0.202. The van der Waals surface area contributed by atoms with Gasteiger partial charge in [0.05, 0.1) is 17.6 Å².